The molecule has 0 aliphatic carbocycles. The first-order valence-electron chi connectivity index (χ1n) is 7.01. The van der Waals surface area contributed by atoms with Crippen LogP contribution in [0.2, 0.25) is 0 Å². The maximum absolute atomic E-state index is 13.9. The number of hydrogen-bond acceptors (Lipinski definition) is 5. The van der Waals surface area contributed by atoms with Crippen LogP contribution in [0, 0.1) is 5.82 Å². The lowest BCUT2D eigenvalue weighted by Crippen LogP contribution is -2.16. The highest BCUT2D eigenvalue weighted by molar-refractivity contribution is 7.92. The van der Waals surface area contributed by atoms with Crippen molar-refractivity contribution in [3.05, 3.63) is 53.8 Å². The molecule has 9 heteroatoms. The quantitative estimate of drug-likeness (QED) is 0.791. The predicted octanol–water partition coefficient (Wildman–Crippen LogP) is 2.37. The highest BCUT2D eigenvalue weighted by atomic mass is 32.2. The van der Waals surface area contributed by atoms with E-state index < -0.39 is 26.7 Å². The summed E-state index contributed by atoms with van der Waals surface area (Å²) in [5.41, 5.74) is 0.552. The first kappa shape index (κ1) is 18.4. The van der Waals surface area contributed by atoms with Crippen LogP contribution in [0.25, 0.3) is 0 Å². The first-order chi connectivity index (χ1) is 11.7. The molecule has 0 unspecified atom stereocenters. The summed E-state index contributed by atoms with van der Waals surface area (Å²) in [5.74, 6) is -2.05. The number of anilines is 2. The Morgan fingerprint density at radius 2 is 1.64 bits per heavy atom. The van der Waals surface area contributed by atoms with Crippen molar-refractivity contribution in [2.45, 2.75) is 11.8 Å². The second-order valence-corrected chi connectivity index (χ2v) is 6.65. The van der Waals surface area contributed by atoms with Gasteiger partial charge in [0.25, 0.3) is 10.0 Å². The van der Waals surface area contributed by atoms with Crippen LogP contribution in [0.4, 0.5) is 15.8 Å². The zero-order valence-electron chi connectivity index (χ0n) is 13.4. The highest BCUT2D eigenvalue weighted by Crippen LogP contribution is 2.22. The number of amides is 1. The molecule has 2 aromatic carbocycles. The van der Waals surface area contributed by atoms with Gasteiger partial charge in [0.1, 0.15) is 10.7 Å². The van der Waals surface area contributed by atoms with Gasteiger partial charge in [-0.3, -0.25) is 9.52 Å². The number of sulfonamides is 1. The molecule has 0 aromatic heterocycles. The van der Waals surface area contributed by atoms with E-state index in [0.29, 0.717) is 5.69 Å². The molecule has 7 nitrogen and oxygen atoms in total. The van der Waals surface area contributed by atoms with Gasteiger partial charge in [-0.05, 0) is 42.5 Å². The van der Waals surface area contributed by atoms with Gasteiger partial charge in [-0.2, -0.15) is 0 Å². The van der Waals surface area contributed by atoms with E-state index in [9.17, 15) is 22.4 Å². The molecular weight excluding hydrogens is 351 g/mol. The maximum atomic E-state index is 13.9. The van der Waals surface area contributed by atoms with E-state index >= 15 is 0 Å². The SMILES string of the molecule is COC(=O)c1ccc(F)c(S(=O)(=O)Nc2ccc(NC(C)=O)cc2)c1. The Bertz CT molecular complexity index is 911. The number of carbonyl (C=O) groups is 2. The van der Waals surface area contributed by atoms with Crippen LogP contribution in [-0.2, 0) is 19.6 Å². The summed E-state index contributed by atoms with van der Waals surface area (Å²) in [6, 6.07) is 8.69. The minimum absolute atomic E-state index is 0.0923. The molecule has 0 aliphatic rings. The molecule has 0 atom stereocenters. The Morgan fingerprint density at radius 1 is 1.04 bits per heavy atom. The van der Waals surface area contributed by atoms with Crippen molar-refractivity contribution in [3.63, 3.8) is 0 Å². The fourth-order valence-electron chi connectivity index (χ4n) is 1.99. The molecule has 0 saturated heterocycles. The molecule has 1 amide bonds. The van der Waals surface area contributed by atoms with E-state index in [1.807, 2.05) is 0 Å². The smallest absolute Gasteiger partial charge is 0.337 e. The van der Waals surface area contributed by atoms with Gasteiger partial charge in [0, 0.05) is 18.3 Å². The molecular formula is C16H15FN2O5S. The fourth-order valence-corrected chi connectivity index (χ4v) is 3.15. The molecule has 0 radical (unpaired) electrons. The number of ether oxygens (including phenoxy) is 1. The third kappa shape index (κ3) is 4.54. The van der Waals surface area contributed by atoms with E-state index in [0.717, 1.165) is 25.3 Å². The zero-order valence-corrected chi connectivity index (χ0v) is 14.2. The third-order valence-corrected chi connectivity index (χ3v) is 4.50. The molecule has 0 bridgehead atoms. The number of benzene rings is 2. The average molecular weight is 366 g/mol. The van der Waals surface area contributed by atoms with Gasteiger partial charge in [0.05, 0.1) is 12.7 Å². The molecule has 0 heterocycles. The number of methoxy groups -OCH3 is 1. The van der Waals surface area contributed by atoms with Crippen molar-refractivity contribution >= 4 is 33.3 Å². The topological polar surface area (TPSA) is 102 Å². The summed E-state index contributed by atoms with van der Waals surface area (Å²) >= 11 is 0. The van der Waals surface area contributed by atoms with Crippen LogP contribution in [0.3, 0.4) is 0 Å². The largest absolute Gasteiger partial charge is 0.465 e. The molecule has 2 N–H and O–H groups in total. The normalized spacial score (nSPS) is 10.8. The van der Waals surface area contributed by atoms with Crippen LogP contribution in [0.5, 0.6) is 0 Å². The summed E-state index contributed by atoms with van der Waals surface area (Å²) in [5, 5.41) is 2.53. The van der Waals surface area contributed by atoms with Gasteiger partial charge in [0.15, 0.2) is 0 Å². The summed E-state index contributed by atoms with van der Waals surface area (Å²) in [4.78, 5) is 21.8. The number of rotatable bonds is 5. The fraction of sp³-hybridized carbons (Fsp3) is 0.125. The van der Waals surface area contributed by atoms with Gasteiger partial charge < -0.3 is 10.1 Å². The molecule has 0 spiro atoms. The summed E-state index contributed by atoms with van der Waals surface area (Å²) in [6.07, 6.45) is 0. The van der Waals surface area contributed by atoms with Gasteiger partial charge in [-0.25, -0.2) is 17.6 Å². The van der Waals surface area contributed by atoms with Crippen molar-refractivity contribution in [2.24, 2.45) is 0 Å². The lowest BCUT2D eigenvalue weighted by Gasteiger charge is -2.11. The molecule has 132 valence electrons. The lowest BCUT2D eigenvalue weighted by atomic mass is 10.2. The van der Waals surface area contributed by atoms with E-state index in [2.05, 4.69) is 14.8 Å². The van der Waals surface area contributed by atoms with Crippen LogP contribution in [-0.4, -0.2) is 27.4 Å². The van der Waals surface area contributed by atoms with Gasteiger partial charge in [-0.15, -0.1) is 0 Å². The Kier molecular flexibility index (Phi) is 5.38. The molecule has 2 rings (SSSR count). The van der Waals surface area contributed by atoms with Crippen molar-refractivity contribution in [1.29, 1.82) is 0 Å². The second-order valence-electron chi connectivity index (χ2n) is 5.00. The summed E-state index contributed by atoms with van der Waals surface area (Å²) in [6.45, 7) is 1.34. The van der Waals surface area contributed by atoms with E-state index in [1.54, 1.807) is 0 Å². The van der Waals surface area contributed by atoms with Gasteiger partial charge in [0.2, 0.25) is 5.91 Å². The van der Waals surface area contributed by atoms with Crippen LogP contribution in [0.1, 0.15) is 17.3 Å². The summed E-state index contributed by atoms with van der Waals surface area (Å²) < 4.78 is 45.4. The molecule has 2 aromatic rings. The number of nitrogens with one attached hydrogen (secondary N) is 2. The Labute approximate surface area is 143 Å². The van der Waals surface area contributed by atoms with E-state index in [-0.39, 0.29) is 17.2 Å². The summed E-state index contributed by atoms with van der Waals surface area (Å²) in [7, 11) is -3.13. The second kappa shape index (κ2) is 7.31. The van der Waals surface area contributed by atoms with Gasteiger partial charge in [-0.1, -0.05) is 0 Å². The van der Waals surface area contributed by atoms with Gasteiger partial charge >= 0.3 is 5.97 Å². The van der Waals surface area contributed by atoms with Crippen molar-refractivity contribution < 1.29 is 27.1 Å². The van der Waals surface area contributed by atoms with Crippen molar-refractivity contribution in [1.82, 2.24) is 0 Å². The van der Waals surface area contributed by atoms with Crippen LogP contribution < -0.4 is 10.0 Å². The highest BCUT2D eigenvalue weighted by Gasteiger charge is 2.21. The van der Waals surface area contributed by atoms with E-state index in [4.69, 9.17) is 0 Å². The van der Waals surface area contributed by atoms with Crippen LogP contribution in [0.15, 0.2) is 47.4 Å². The molecule has 25 heavy (non-hydrogen) atoms. The first-order valence-corrected chi connectivity index (χ1v) is 8.49. The number of hydrogen-bond donors (Lipinski definition) is 2. The monoisotopic (exact) mass is 366 g/mol. The minimum Gasteiger partial charge on any atom is -0.465 e. The zero-order chi connectivity index (χ0) is 18.6. The Balaban J connectivity index is 2.30. The van der Waals surface area contributed by atoms with Crippen LogP contribution >= 0.6 is 0 Å². The average Bonchev–Trinajstić information content (AvgIpc) is 2.55. The standard InChI is InChI=1S/C16H15FN2O5S/c1-10(20)18-12-4-6-13(7-5-12)19-25(22,23)15-9-11(16(21)24-2)3-8-14(15)17/h3-9,19H,1-2H3,(H,18,20). The van der Waals surface area contributed by atoms with Crippen molar-refractivity contribution in [3.8, 4) is 0 Å². The Hall–Kier alpha value is -2.94. The Morgan fingerprint density at radius 3 is 2.20 bits per heavy atom. The molecule has 0 saturated carbocycles. The number of carbonyl (C=O) groups excluding carboxylic acids is 2. The predicted molar refractivity (Wildman–Crippen MR) is 89.3 cm³/mol. The molecule has 0 fully saturated rings. The third-order valence-electron chi connectivity index (χ3n) is 3.10. The minimum atomic E-state index is -4.26. The van der Waals surface area contributed by atoms with Crippen molar-refractivity contribution in [2.75, 3.05) is 17.1 Å². The lowest BCUT2D eigenvalue weighted by molar-refractivity contribution is -0.114. The number of halogens is 1. The molecule has 0 aliphatic heterocycles. The van der Waals surface area contributed by atoms with E-state index in [1.165, 1.54) is 31.2 Å². The number of esters is 1. The maximum Gasteiger partial charge on any atom is 0.337 e.